The first-order valence-electron chi connectivity index (χ1n) is 9.43. The molecule has 1 aliphatic heterocycles. The first kappa shape index (κ1) is 22.5. The largest absolute Gasteiger partial charge is 0.349 e. The number of hydrogen-bond acceptors (Lipinski definition) is 4. The van der Waals surface area contributed by atoms with Gasteiger partial charge in [0.15, 0.2) is 0 Å². The molecular formula is C20H22ClF2N3O3S. The van der Waals surface area contributed by atoms with Crippen molar-refractivity contribution < 1.29 is 22.0 Å². The molecule has 0 radical (unpaired) electrons. The molecular weight excluding hydrogens is 436 g/mol. The molecule has 2 aromatic rings. The number of hydrogen-bond donors (Lipinski definition) is 2. The Labute approximate surface area is 179 Å². The number of rotatable bonds is 7. The predicted octanol–water partition coefficient (Wildman–Crippen LogP) is 3.60. The van der Waals surface area contributed by atoms with Crippen LogP contribution in [0.5, 0.6) is 0 Å². The van der Waals surface area contributed by atoms with Gasteiger partial charge < -0.3 is 5.32 Å². The van der Waals surface area contributed by atoms with Crippen molar-refractivity contribution in [3.63, 3.8) is 0 Å². The van der Waals surface area contributed by atoms with E-state index in [1.165, 1.54) is 24.3 Å². The number of anilines is 1. The lowest BCUT2D eigenvalue weighted by atomic mass is 10.0. The number of halogens is 3. The molecule has 0 aliphatic carbocycles. The second-order valence-corrected chi connectivity index (χ2v) is 9.20. The summed E-state index contributed by atoms with van der Waals surface area (Å²) in [6.07, 6.45) is -1.17. The van der Waals surface area contributed by atoms with E-state index < -0.39 is 16.4 Å². The Balaban J connectivity index is 1.57. The number of likely N-dealkylation sites (tertiary alicyclic amines) is 1. The van der Waals surface area contributed by atoms with Gasteiger partial charge in [0.2, 0.25) is 0 Å². The minimum atomic E-state index is -3.80. The lowest BCUT2D eigenvalue weighted by Crippen LogP contribution is -2.45. The van der Waals surface area contributed by atoms with Crippen LogP contribution in [0.3, 0.4) is 0 Å². The lowest BCUT2D eigenvalue weighted by molar-refractivity contribution is 0.0696. The average Bonchev–Trinajstić information content (AvgIpc) is 2.71. The molecule has 0 unspecified atom stereocenters. The van der Waals surface area contributed by atoms with Crippen molar-refractivity contribution >= 4 is 33.2 Å². The van der Waals surface area contributed by atoms with E-state index in [2.05, 4.69) is 10.0 Å². The molecule has 162 valence electrons. The van der Waals surface area contributed by atoms with Gasteiger partial charge in [0, 0.05) is 35.4 Å². The van der Waals surface area contributed by atoms with Crippen LogP contribution in [0.4, 0.5) is 14.5 Å². The molecule has 30 heavy (non-hydrogen) atoms. The van der Waals surface area contributed by atoms with Gasteiger partial charge in [0.1, 0.15) is 0 Å². The van der Waals surface area contributed by atoms with Gasteiger partial charge >= 0.3 is 0 Å². The Hall–Kier alpha value is -2.23. The minimum absolute atomic E-state index is 0.0225. The Bertz CT molecular complexity index is 962. The highest BCUT2D eigenvalue weighted by atomic mass is 35.5. The van der Waals surface area contributed by atoms with Gasteiger partial charge in [-0.05, 0) is 61.4 Å². The van der Waals surface area contributed by atoms with E-state index in [4.69, 9.17) is 11.6 Å². The molecule has 1 aliphatic rings. The summed E-state index contributed by atoms with van der Waals surface area (Å²) < 4.78 is 52.3. The monoisotopic (exact) mass is 457 g/mol. The van der Waals surface area contributed by atoms with E-state index in [0.717, 1.165) is 0 Å². The van der Waals surface area contributed by atoms with Crippen LogP contribution in [0.25, 0.3) is 0 Å². The van der Waals surface area contributed by atoms with E-state index in [0.29, 0.717) is 42.2 Å². The Morgan fingerprint density at radius 2 is 1.67 bits per heavy atom. The maximum absolute atomic E-state index is 12.5. The van der Waals surface area contributed by atoms with Crippen molar-refractivity contribution in [1.29, 1.82) is 0 Å². The summed E-state index contributed by atoms with van der Waals surface area (Å²) in [6.45, 7) is 0.756. The minimum Gasteiger partial charge on any atom is -0.349 e. The number of alkyl halides is 2. The Morgan fingerprint density at radius 1 is 1.07 bits per heavy atom. The quantitative estimate of drug-likeness (QED) is 0.666. The summed E-state index contributed by atoms with van der Waals surface area (Å²) in [5.41, 5.74) is 0.704. The van der Waals surface area contributed by atoms with Crippen LogP contribution in [0.2, 0.25) is 5.02 Å². The van der Waals surface area contributed by atoms with Gasteiger partial charge in [-0.3, -0.25) is 14.4 Å². The number of nitrogens with zero attached hydrogens (tertiary/aromatic N) is 1. The van der Waals surface area contributed by atoms with Gasteiger partial charge in [-0.2, -0.15) is 0 Å². The predicted molar refractivity (Wildman–Crippen MR) is 112 cm³/mol. The zero-order valence-corrected chi connectivity index (χ0v) is 17.6. The Morgan fingerprint density at radius 3 is 2.23 bits per heavy atom. The number of sulfonamides is 1. The van der Waals surface area contributed by atoms with Crippen molar-refractivity contribution in [3.8, 4) is 0 Å². The van der Waals surface area contributed by atoms with E-state index in [1.807, 2.05) is 0 Å². The van der Waals surface area contributed by atoms with Crippen LogP contribution >= 0.6 is 11.6 Å². The molecule has 1 amide bonds. The Kier molecular flexibility index (Phi) is 7.27. The molecule has 0 aromatic heterocycles. The fourth-order valence-corrected chi connectivity index (χ4v) is 4.43. The molecule has 2 aromatic carbocycles. The van der Waals surface area contributed by atoms with E-state index in [1.54, 1.807) is 29.2 Å². The van der Waals surface area contributed by atoms with Crippen molar-refractivity contribution in [3.05, 3.63) is 59.1 Å². The van der Waals surface area contributed by atoms with Crippen LogP contribution < -0.4 is 10.0 Å². The molecule has 3 rings (SSSR count). The molecule has 2 N–H and O–H groups in total. The third-order valence-corrected chi connectivity index (χ3v) is 6.49. The molecule has 0 atom stereocenters. The van der Waals surface area contributed by atoms with E-state index in [9.17, 15) is 22.0 Å². The number of amides is 1. The van der Waals surface area contributed by atoms with Gasteiger partial charge in [-0.25, -0.2) is 17.2 Å². The number of benzene rings is 2. The average molecular weight is 458 g/mol. The summed E-state index contributed by atoms with van der Waals surface area (Å²) in [5, 5.41) is 3.38. The SMILES string of the molecule is O=C(NC1CCN(CC(F)F)CC1)c1ccc(S(=O)(=O)Nc2ccc(Cl)cc2)cc1. The number of carbonyl (C=O) groups is 1. The third-order valence-electron chi connectivity index (χ3n) is 4.84. The molecule has 1 heterocycles. The van der Waals surface area contributed by atoms with E-state index in [-0.39, 0.29) is 23.4 Å². The molecule has 6 nitrogen and oxygen atoms in total. The summed E-state index contributed by atoms with van der Waals surface area (Å²) in [5.74, 6) is -0.322. The lowest BCUT2D eigenvalue weighted by Gasteiger charge is -2.32. The van der Waals surface area contributed by atoms with Crippen LogP contribution in [-0.2, 0) is 10.0 Å². The second-order valence-electron chi connectivity index (χ2n) is 7.08. The van der Waals surface area contributed by atoms with Gasteiger partial charge in [0.05, 0.1) is 11.4 Å². The highest BCUT2D eigenvalue weighted by Crippen LogP contribution is 2.19. The smallest absolute Gasteiger partial charge is 0.261 e. The van der Waals surface area contributed by atoms with Crippen LogP contribution in [0.1, 0.15) is 23.2 Å². The van der Waals surface area contributed by atoms with Crippen LogP contribution in [0, 0.1) is 0 Å². The van der Waals surface area contributed by atoms with E-state index >= 15 is 0 Å². The van der Waals surface area contributed by atoms with Crippen LogP contribution in [0.15, 0.2) is 53.4 Å². The summed E-state index contributed by atoms with van der Waals surface area (Å²) >= 11 is 5.80. The zero-order valence-electron chi connectivity index (χ0n) is 16.0. The summed E-state index contributed by atoms with van der Waals surface area (Å²) in [4.78, 5) is 14.1. The normalized spacial score (nSPS) is 15.9. The molecule has 0 spiro atoms. The number of carbonyl (C=O) groups excluding carboxylic acids is 1. The fraction of sp³-hybridized carbons (Fsp3) is 0.350. The highest BCUT2D eigenvalue weighted by molar-refractivity contribution is 7.92. The zero-order chi connectivity index (χ0) is 21.7. The fourth-order valence-electron chi connectivity index (χ4n) is 3.24. The molecule has 0 bridgehead atoms. The topological polar surface area (TPSA) is 78.5 Å². The maximum Gasteiger partial charge on any atom is 0.261 e. The van der Waals surface area contributed by atoms with Crippen molar-refractivity contribution in [2.75, 3.05) is 24.4 Å². The number of piperidine rings is 1. The van der Waals surface area contributed by atoms with Gasteiger partial charge in [-0.1, -0.05) is 11.6 Å². The molecule has 10 heteroatoms. The summed E-state index contributed by atoms with van der Waals surface area (Å²) in [6, 6.07) is 11.8. The van der Waals surface area contributed by atoms with Crippen molar-refractivity contribution in [2.24, 2.45) is 0 Å². The van der Waals surface area contributed by atoms with Crippen molar-refractivity contribution in [1.82, 2.24) is 10.2 Å². The standard InChI is InChI=1S/C20H22ClF2N3O3S/c21-15-3-5-17(6-4-15)25-30(28,29)18-7-1-14(2-8-18)20(27)24-16-9-11-26(12-10-16)13-19(22)23/h1-8,16,19,25H,9-13H2,(H,24,27). The second kappa shape index (κ2) is 9.72. The summed E-state index contributed by atoms with van der Waals surface area (Å²) in [7, 11) is -3.80. The first-order valence-corrected chi connectivity index (χ1v) is 11.3. The van der Waals surface area contributed by atoms with Crippen LogP contribution in [-0.4, -0.2) is 51.3 Å². The number of nitrogens with one attached hydrogen (secondary N) is 2. The maximum atomic E-state index is 12.5. The molecule has 1 fully saturated rings. The van der Waals surface area contributed by atoms with Gasteiger partial charge in [0.25, 0.3) is 22.4 Å². The highest BCUT2D eigenvalue weighted by Gasteiger charge is 2.23. The molecule has 1 saturated heterocycles. The van der Waals surface area contributed by atoms with Gasteiger partial charge in [-0.15, -0.1) is 0 Å². The first-order chi connectivity index (χ1) is 14.2. The third kappa shape index (κ3) is 6.13. The molecule has 0 saturated carbocycles. The van der Waals surface area contributed by atoms with Crippen molar-refractivity contribution in [2.45, 2.75) is 30.2 Å².